The van der Waals surface area contributed by atoms with Crippen LogP contribution in [0, 0.1) is 28.1 Å². The summed E-state index contributed by atoms with van der Waals surface area (Å²) in [5.41, 5.74) is -0.0290. The van der Waals surface area contributed by atoms with Gasteiger partial charge < -0.3 is 4.74 Å². The normalized spacial score (nSPS) is 12.3. The van der Waals surface area contributed by atoms with Crippen LogP contribution in [0.2, 0.25) is 0 Å². The van der Waals surface area contributed by atoms with Crippen LogP contribution in [0.4, 0.5) is 0 Å². The molecule has 0 heterocycles. The molecule has 1 rings (SSSR count). The fourth-order valence-electron chi connectivity index (χ4n) is 2.02. The Morgan fingerprint density at radius 1 is 1.35 bits per heavy atom. The molecular weight excluding hydrogens is 212 g/mol. The summed E-state index contributed by atoms with van der Waals surface area (Å²) in [7, 11) is 1.61. The maximum absolute atomic E-state index is 9.17. The largest absolute Gasteiger partial charge is 0.497 e. The van der Waals surface area contributed by atoms with Crippen molar-refractivity contribution in [3.8, 4) is 17.9 Å². The Morgan fingerprint density at radius 3 is 2.47 bits per heavy atom. The van der Waals surface area contributed by atoms with E-state index in [2.05, 4.69) is 12.1 Å². The standard InChI is InChI=1S/C14H16N2O/c1-4-13(14(2,9-15)10-16)11-6-5-7-12(8-11)17-3/h5-8,13H,4H2,1-3H3. The highest BCUT2D eigenvalue weighted by Gasteiger charge is 2.34. The van der Waals surface area contributed by atoms with E-state index < -0.39 is 5.41 Å². The van der Waals surface area contributed by atoms with Crippen molar-refractivity contribution < 1.29 is 4.74 Å². The van der Waals surface area contributed by atoms with Gasteiger partial charge in [0.25, 0.3) is 0 Å². The van der Waals surface area contributed by atoms with Gasteiger partial charge in [0, 0.05) is 5.92 Å². The molecule has 1 atom stereocenters. The van der Waals surface area contributed by atoms with E-state index in [-0.39, 0.29) is 5.92 Å². The molecule has 3 heteroatoms. The number of nitriles is 2. The molecule has 0 aliphatic rings. The fraction of sp³-hybridized carbons (Fsp3) is 0.429. The van der Waals surface area contributed by atoms with Gasteiger partial charge in [-0.2, -0.15) is 10.5 Å². The molecule has 0 saturated carbocycles. The van der Waals surface area contributed by atoms with Gasteiger partial charge in [0.05, 0.1) is 19.2 Å². The molecule has 88 valence electrons. The minimum absolute atomic E-state index is 0.104. The number of benzene rings is 1. The molecule has 0 aliphatic carbocycles. The van der Waals surface area contributed by atoms with Gasteiger partial charge in [-0.15, -0.1) is 0 Å². The van der Waals surface area contributed by atoms with Gasteiger partial charge in [0.1, 0.15) is 11.2 Å². The van der Waals surface area contributed by atoms with Gasteiger partial charge in [-0.05, 0) is 31.0 Å². The lowest BCUT2D eigenvalue weighted by molar-refractivity contribution is 0.407. The second-order valence-electron chi connectivity index (χ2n) is 4.16. The molecule has 0 amide bonds. The molecule has 0 fully saturated rings. The minimum Gasteiger partial charge on any atom is -0.497 e. The van der Waals surface area contributed by atoms with Crippen molar-refractivity contribution in [2.45, 2.75) is 26.2 Å². The molecule has 0 aliphatic heterocycles. The smallest absolute Gasteiger partial charge is 0.147 e. The molecule has 3 nitrogen and oxygen atoms in total. The van der Waals surface area contributed by atoms with Crippen LogP contribution in [0.25, 0.3) is 0 Å². The van der Waals surface area contributed by atoms with Crippen molar-refractivity contribution in [1.29, 1.82) is 10.5 Å². The molecular formula is C14H16N2O. The lowest BCUT2D eigenvalue weighted by Crippen LogP contribution is -2.21. The summed E-state index contributed by atoms with van der Waals surface area (Å²) in [6, 6.07) is 11.8. The topological polar surface area (TPSA) is 56.8 Å². The molecule has 0 spiro atoms. The highest BCUT2D eigenvalue weighted by molar-refractivity contribution is 5.35. The predicted octanol–water partition coefficient (Wildman–Crippen LogP) is 3.24. The van der Waals surface area contributed by atoms with Crippen LogP contribution < -0.4 is 4.74 Å². The molecule has 0 N–H and O–H groups in total. The van der Waals surface area contributed by atoms with Gasteiger partial charge in [0.15, 0.2) is 0 Å². The quantitative estimate of drug-likeness (QED) is 0.794. The summed E-state index contributed by atoms with van der Waals surface area (Å²) in [5, 5.41) is 18.3. The Balaban J connectivity index is 3.19. The van der Waals surface area contributed by atoms with Crippen LogP contribution in [0.1, 0.15) is 31.7 Å². The van der Waals surface area contributed by atoms with E-state index >= 15 is 0 Å². The minimum atomic E-state index is -0.999. The van der Waals surface area contributed by atoms with Crippen LogP contribution in [-0.2, 0) is 0 Å². The Kier molecular flexibility index (Phi) is 4.12. The van der Waals surface area contributed by atoms with Crippen LogP contribution in [0.5, 0.6) is 5.75 Å². The van der Waals surface area contributed by atoms with Crippen LogP contribution >= 0.6 is 0 Å². The van der Waals surface area contributed by atoms with Crippen LogP contribution in [-0.4, -0.2) is 7.11 Å². The van der Waals surface area contributed by atoms with E-state index in [1.165, 1.54) is 0 Å². The van der Waals surface area contributed by atoms with Gasteiger partial charge in [-0.25, -0.2) is 0 Å². The van der Waals surface area contributed by atoms with E-state index in [1.54, 1.807) is 14.0 Å². The highest BCUT2D eigenvalue weighted by atomic mass is 16.5. The average molecular weight is 228 g/mol. The first kappa shape index (κ1) is 13.1. The van der Waals surface area contributed by atoms with E-state index in [9.17, 15) is 10.5 Å². The third kappa shape index (κ3) is 2.57. The number of hydrogen-bond acceptors (Lipinski definition) is 3. The summed E-state index contributed by atoms with van der Waals surface area (Å²) in [6.07, 6.45) is 0.741. The molecule has 0 saturated heterocycles. The van der Waals surface area contributed by atoms with Gasteiger partial charge in [0.2, 0.25) is 0 Å². The third-order valence-corrected chi connectivity index (χ3v) is 3.07. The van der Waals surface area contributed by atoms with Crippen LogP contribution in [0.15, 0.2) is 24.3 Å². The van der Waals surface area contributed by atoms with Crippen molar-refractivity contribution in [1.82, 2.24) is 0 Å². The lowest BCUT2D eigenvalue weighted by Gasteiger charge is -2.25. The molecule has 0 aromatic heterocycles. The van der Waals surface area contributed by atoms with Gasteiger partial charge >= 0.3 is 0 Å². The average Bonchev–Trinajstić information content (AvgIpc) is 2.39. The summed E-state index contributed by atoms with van der Waals surface area (Å²) in [6.45, 7) is 3.66. The number of methoxy groups -OCH3 is 1. The second-order valence-corrected chi connectivity index (χ2v) is 4.16. The van der Waals surface area contributed by atoms with Crippen molar-refractivity contribution >= 4 is 0 Å². The Morgan fingerprint density at radius 2 is 2.00 bits per heavy atom. The van der Waals surface area contributed by atoms with Gasteiger partial charge in [-0.3, -0.25) is 0 Å². The zero-order valence-corrected chi connectivity index (χ0v) is 10.4. The first-order chi connectivity index (χ1) is 8.11. The summed E-state index contributed by atoms with van der Waals surface area (Å²) < 4.78 is 5.16. The maximum Gasteiger partial charge on any atom is 0.147 e. The van der Waals surface area contributed by atoms with Crippen molar-refractivity contribution in [3.05, 3.63) is 29.8 Å². The monoisotopic (exact) mass is 228 g/mol. The highest BCUT2D eigenvalue weighted by Crippen LogP contribution is 2.38. The first-order valence-corrected chi connectivity index (χ1v) is 5.57. The second kappa shape index (κ2) is 5.37. The zero-order valence-electron chi connectivity index (χ0n) is 10.4. The fourth-order valence-corrected chi connectivity index (χ4v) is 2.02. The Labute approximate surface area is 102 Å². The van der Waals surface area contributed by atoms with E-state index in [1.807, 2.05) is 31.2 Å². The number of nitrogens with zero attached hydrogens (tertiary/aromatic N) is 2. The summed E-state index contributed by atoms with van der Waals surface area (Å²) in [5.74, 6) is 0.645. The third-order valence-electron chi connectivity index (χ3n) is 3.07. The molecule has 1 unspecified atom stereocenters. The maximum atomic E-state index is 9.17. The summed E-state index contributed by atoms with van der Waals surface area (Å²) in [4.78, 5) is 0. The number of hydrogen-bond donors (Lipinski definition) is 0. The van der Waals surface area contributed by atoms with E-state index in [0.717, 1.165) is 17.7 Å². The van der Waals surface area contributed by atoms with E-state index in [4.69, 9.17) is 4.74 Å². The molecule has 1 aromatic carbocycles. The summed E-state index contributed by atoms with van der Waals surface area (Å²) >= 11 is 0. The van der Waals surface area contributed by atoms with Crippen molar-refractivity contribution in [2.24, 2.45) is 5.41 Å². The first-order valence-electron chi connectivity index (χ1n) is 5.57. The predicted molar refractivity (Wildman–Crippen MR) is 65.4 cm³/mol. The Hall–Kier alpha value is -2.00. The lowest BCUT2D eigenvalue weighted by atomic mass is 9.74. The zero-order chi connectivity index (χ0) is 12.9. The molecule has 17 heavy (non-hydrogen) atoms. The van der Waals surface area contributed by atoms with Gasteiger partial charge in [-0.1, -0.05) is 19.1 Å². The van der Waals surface area contributed by atoms with Crippen molar-refractivity contribution in [2.75, 3.05) is 7.11 Å². The Bertz CT molecular complexity index is 454. The molecule has 1 aromatic rings. The molecule has 0 bridgehead atoms. The van der Waals surface area contributed by atoms with Crippen LogP contribution in [0.3, 0.4) is 0 Å². The number of rotatable bonds is 4. The molecule has 0 radical (unpaired) electrons. The SMILES string of the molecule is CCC(c1cccc(OC)c1)C(C)(C#N)C#N. The van der Waals surface area contributed by atoms with E-state index in [0.29, 0.717) is 0 Å². The number of ether oxygens (including phenoxy) is 1. The van der Waals surface area contributed by atoms with Crippen molar-refractivity contribution in [3.63, 3.8) is 0 Å².